The maximum absolute atomic E-state index is 12.9. The molecule has 0 aliphatic rings. The van der Waals surface area contributed by atoms with Gasteiger partial charge < -0.3 is 41.6 Å². The number of methoxy groups -OCH3 is 4. The number of nitrogens with zero attached hydrogens (tertiary/aromatic N) is 10. The average Bonchev–Trinajstić information content (AvgIpc) is 0.796. The average molecular weight is 1640 g/mol. The van der Waals surface area contributed by atoms with Crippen LogP contribution in [0.2, 0.25) is 36.1 Å². The normalized spacial score (nSPS) is 10.7. The summed E-state index contributed by atoms with van der Waals surface area (Å²) in [5.41, 5.74) is 10.5. The van der Waals surface area contributed by atoms with Gasteiger partial charge in [0.05, 0.1) is 61.5 Å². The summed E-state index contributed by atoms with van der Waals surface area (Å²) in [6.07, 6.45) is 4.52. The van der Waals surface area contributed by atoms with Crippen molar-refractivity contribution < 1.29 is 58.1 Å². The van der Waals surface area contributed by atoms with Crippen molar-refractivity contribution >= 4 is 193 Å². The molecule has 12 rings (SSSR count). The number of ether oxygens (including phenoxy) is 4. The maximum Gasteiger partial charge on any atom is 0.264 e. The van der Waals surface area contributed by atoms with Crippen molar-refractivity contribution in [3.05, 3.63) is 219 Å². The number of halogens is 8. The van der Waals surface area contributed by atoms with Gasteiger partial charge in [0.1, 0.15) is 63.2 Å². The molecule has 29 nitrogen and oxygen atoms in total. The SMILES string of the molecule is C.COc1cc(N)cc(OC)c1.COc1cc(Nc2nc3ccccc3nc2NS(=O)(=O)c2ccc(Cl)nc2)cc(OC)c1.Clc1nc2ccccc2nc1Cl.N.NS(=O)(=O)c1ccc(Cl)nc1.O.O=S(=O)(Cl)c1ccc(Cl)nc1.O=S(=O)(Nc1nc2ccccc2nc1Cl)c1ccc(Cl)nc1. The number of benzene rings is 5. The second-order valence-electron chi connectivity index (χ2n) is 18.9. The fraction of sp³-hybridized carbons (Fsp3) is 0.0820. The molecule has 12 N–H and O–H groups in total. The molecule has 0 fully saturated rings. The van der Waals surface area contributed by atoms with E-state index in [0.29, 0.717) is 56.4 Å². The van der Waals surface area contributed by atoms with Crippen molar-refractivity contribution in [3.63, 3.8) is 0 Å². The van der Waals surface area contributed by atoms with E-state index in [9.17, 15) is 33.7 Å². The van der Waals surface area contributed by atoms with Crippen LogP contribution in [-0.4, -0.2) is 117 Å². The van der Waals surface area contributed by atoms with E-state index in [-0.39, 0.29) is 92.2 Å². The lowest BCUT2D eigenvalue weighted by atomic mass is 10.2. The lowest BCUT2D eigenvalue weighted by molar-refractivity contribution is 0.394. The van der Waals surface area contributed by atoms with Crippen LogP contribution in [0.5, 0.6) is 23.0 Å². The quantitative estimate of drug-likeness (QED) is 0.0334. The molecule has 0 atom stereocenters. The van der Waals surface area contributed by atoms with Gasteiger partial charge in [-0.2, -0.15) is 0 Å². The molecule has 0 aliphatic carbocycles. The first kappa shape index (κ1) is 85.5. The standard InChI is InChI=1S/C21H18ClN5O4S.C13H8Cl2N4O2S.C8H4Cl2N2.C8H11NO2.C5H3Cl2NO2S.C5H5ClN2O2S.CH4.H3N.H2O/c1-30-14-9-13(10-15(11-14)31-2)24-20-21(26-18-6-4-3-5-17(18)25-20)27-32(28,29)16-7-8-19(22)23-12-16;14-11-6-5-8(7-16-11)22(20,21)19-13-12(15)17-9-3-1-2-4-10(9)18-13;9-7-8(10)12-6-4-2-1-3-5(6)11-7;1-10-7-3-6(9)4-8(5-7)11-2;2*6-5-2-1-4(3-8-5)11(7,9)10;;;/h3-12H,1-2H3,(H,24,25)(H,26,27);1-7H,(H,18,19);1-4H;3-5H,9H2,1-2H3;1-3H;1-3H,(H2,7,9,10);1H4;1H3;1H2. The molecule has 7 heterocycles. The molecule has 41 heteroatoms. The van der Waals surface area contributed by atoms with Gasteiger partial charge in [0.25, 0.3) is 29.1 Å². The van der Waals surface area contributed by atoms with Crippen LogP contribution >= 0.6 is 91.9 Å². The third-order valence-electron chi connectivity index (χ3n) is 12.1. The number of primary sulfonamides is 1. The van der Waals surface area contributed by atoms with Crippen LogP contribution in [0.4, 0.5) is 28.8 Å². The molecule has 0 bridgehead atoms. The van der Waals surface area contributed by atoms with Crippen molar-refractivity contribution in [1.29, 1.82) is 0 Å². The Hall–Kier alpha value is -8.88. The van der Waals surface area contributed by atoms with Gasteiger partial charge in [0, 0.05) is 83.2 Å². The van der Waals surface area contributed by atoms with E-state index < -0.39 is 39.1 Å². The van der Waals surface area contributed by atoms with Crippen LogP contribution < -0.4 is 50.7 Å². The summed E-state index contributed by atoms with van der Waals surface area (Å²) in [7, 11) is -3.94. The Balaban J connectivity index is 0.000000274. The zero-order valence-corrected chi connectivity index (χ0v) is 61.5. The van der Waals surface area contributed by atoms with Crippen LogP contribution in [0, 0.1) is 0 Å². The van der Waals surface area contributed by atoms with Crippen LogP contribution in [-0.2, 0) is 39.1 Å². The fourth-order valence-corrected chi connectivity index (χ4v) is 11.5. The Labute approximate surface area is 624 Å². The molecule has 0 aliphatic heterocycles. The molecular weight excluding hydrogens is 1580 g/mol. The first-order chi connectivity index (χ1) is 46.9. The van der Waals surface area contributed by atoms with Gasteiger partial charge in [-0.05, 0) is 84.9 Å². The van der Waals surface area contributed by atoms with Crippen molar-refractivity contribution in [2.45, 2.75) is 27.0 Å². The van der Waals surface area contributed by atoms with Crippen molar-refractivity contribution in [3.8, 4) is 23.0 Å². The predicted molar refractivity (Wildman–Crippen MR) is 399 cm³/mol. The van der Waals surface area contributed by atoms with E-state index >= 15 is 0 Å². The molecular formula is C61H58Cl8N16O13S4. The van der Waals surface area contributed by atoms with Gasteiger partial charge in [-0.15, -0.1) is 0 Å². The number of hydrogen-bond donors (Lipinski definition) is 6. The first-order valence-corrected chi connectivity index (χ1v) is 36.6. The van der Waals surface area contributed by atoms with E-state index in [2.05, 4.69) is 64.6 Å². The van der Waals surface area contributed by atoms with Gasteiger partial charge in [0.15, 0.2) is 32.9 Å². The van der Waals surface area contributed by atoms with E-state index in [1.165, 1.54) is 68.9 Å². The molecule has 0 saturated heterocycles. The van der Waals surface area contributed by atoms with Crippen LogP contribution in [0.25, 0.3) is 33.1 Å². The molecule has 0 spiro atoms. The summed E-state index contributed by atoms with van der Waals surface area (Å²) in [6.45, 7) is 0. The summed E-state index contributed by atoms with van der Waals surface area (Å²) >= 11 is 39.6. The van der Waals surface area contributed by atoms with E-state index in [1.54, 1.807) is 93.1 Å². The van der Waals surface area contributed by atoms with E-state index in [4.69, 9.17) is 122 Å². The molecule has 0 saturated carbocycles. The van der Waals surface area contributed by atoms with Crippen LogP contribution in [0.3, 0.4) is 0 Å². The van der Waals surface area contributed by atoms with Gasteiger partial charge in [-0.3, -0.25) is 9.44 Å². The highest BCUT2D eigenvalue weighted by Gasteiger charge is 2.22. The second-order valence-corrected chi connectivity index (χ2v) is 29.0. The molecule has 540 valence electrons. The van der Waals surface area contributed by atoms with Crippen molar-refractivity contribution in [1.82, 2.24) is 56.0 Å². The predicted octanol–water partition coefficient (Wildman–Crippen LogP) is 13.6. The Bertz CT molecular complexity index is 5130. The Morgan fingerprint density at radius 2 is 0.676 bits per heavy atom. The largest absolute Gasteiger partial charge is 0.497 e. The maximum atomic E-state index is 12.9. The molecule has 7 aromatic heterocycles. The zero-order valence-electron chi connectivity index (χ0n) is 52.2. The highest BCUT2D eigenvalue weighted by Crippen LogP contribution is 2.33. The minimum Gasteiger partial charge on any atom is -0.497 e. The number of sulfonamides is 3. The third-order valence-corrected chi connectivity index (χ3v) is 18.7. The first-order valence-electron chi connectivity index (χ1n) is 27.1. The van der Waals surface area contributed by atoms with Gasteiger partial charge in [0.2, 0.25) is 10.0 Å². The number of hydrogen-bond acceptors (Lipinski definition) is 25. The molecule has 0 unspecified atom stereocenters. The minimum absolute atomic E-state index is 0. The summed E-state index contributed by atoms with van der Waals surface area (Å²) < 4.78 is 118. The molecule has 102 heavy (non-hydrogen) atoms. The van der Waals surface area contributed by atoms with Gasteiger partial charge in [-0.25, -0.2) is 88.6 Å². The summed E-state index contributed by atoms with van der Waals surface area (Å²) in [6, 6.07) is 42.7. The lowest BCUT2D eigenvalue weighted by Gasteiger charge is -2.15. The topological polar surface area (TPSA) is 457 Å². The van der Waals surface area contributed by atoms with Crippen LogP contribution in [0.1, 0.15) is 7.43 Å². The second kappa shape index (κ2) is 39.0. The van der Waals surface area contributed by atoms with Crippen molar-refractivity contribution in [2.24, 2.45) is 5.14 Å². The zero-order chi connectivity index (χ0) is 72.2. The third kappa shape index (κ3) is 25.6. The number of nitrogens with two attached hydrogens (primary N) is 2. The molecule has 5 aromatic carbocycles. The summed E-state index contributed by atoms with van der Waals surface area (Å²) in [4.78, 5) is 39.8. The van der Waals surface area contributed by atoms with E-state index in [0.717, 1.165) is 29.6 Å². The lowest BCUT2D eigenvalue weighted by Crippen LogP contribution is -2.16. The molecule has 12 aromatic rings. The number of nitrogens with one attached hydrogen (secondary N) is 3. The molecule has 0 radical (unpaired) electrons. The summed E-state index contributed by atoms with van der Waals surface area (Å²) in [5.74, 6) is 2.69. The number of nitrogen functional groups attached to an aromatic ring is 1. The monoisotopic (exact) mass is 1630 g/mol. The Morgan fingerprint density at radius 3 is 1.00 bits per heavy atom. The fourth-order valence-electron chi connectivity index (χ4n) is 7.46. The number of aromatic nitrogens is 10. The van der Waals surface area contributed by atoms with E-state index in [1.807, 2.05) is 30.3 Å². The molecule has 0 amide bonds. The number of anilines is 5. The summed E-state index contributed by atoms with van der Waals surface area (Å²) in [5, 5.41) is 9.19. The van der Waals surface area contributed by atoms with Crippen molar-refractivity contribution in [2.75, 3.05) is 48.9 Å². The smallest absolute Gasteiger partial charge is 0.264 e. The van der Waals surface area contributed by atoms with Crippen LogP contribution in [0.15, 0.2) is 202 Å². The highest BCUT2D eigenvalue weighted by molar-refractivity contribution is 8.13. The highest BCUT2D eigenvalue weighted by atomic mass is 35.7. The van der Waals surface area contributed by atoms with Gasteiger partial charge in [-0.1, -0.05) is 125 Å². The Kier molecular flexibility index (Phi) is 32.7. The number of fused-ring (bicyclic) bond motifs is 3. The number of para-hydroxylation sites is 6. The Morgan fingerprint density at radius 1 is 0.382 bits per heavy atom. The number of rotatable bonds is 14. The number of pyridine rings is 4. The minimum atomic E-state index is -4.00. The van der Waals surface area contributed by atoms with Gasteiger partial charge >= 0.3 is 0 Å².